The number of benzene rings is 2. The number of aromatic carboxylic acids is 1. The van der Waals surface area contributed by atoms with E-state index < -0.39 is 37.7 Å². The molecule has 0 fully saturated rings. The second kappa shape index (κ2) is 7.03. The zero-order valence-corrected chi connectivity index (χ0v) is 16.7. The van der Waals surface area contributed by atoms with Crippen LogP contribution >= 0.6 is 0 Å². The summed E-state index contributed by atoms with van der Waals surface area (Å²) in [6, 6.07) is 6.94. The van der Waals surface area contributed by atoms with Gasteiger partial charge in [0, 0.05) is 7.05 Å². The van der Waals surface area contributed by atoms with E-state index in [1.165, 1.54) is 23.1 Å². The maximum atomic E-state index is 13.9. The number of halogens is 1. The second-order valence-corrected chi connectivity index (χ2v) is 8.95. The van der Waals surface area contributed by atoms with Crippen molar-refractivity contribution in [3.63, 3.8) is 0 Å². The highest BCUT2D eigenvalue weighted by Crippen LogP contribution is 2.37. The number of carboxylic acid groups (broad SMARTS) is 1. The third-order valence-electron chi connectivity index (χ3n) is 4.53. The van der Waals surface area contributed by atoms with E-state index >= 15 is 0 Å². The molecule has 0 aromatic heterocycles. The first-order chi connectivity index (χ1) is 13.4. The summed E-state index contributed by atoms with van der Waals surface area (Å²) in [5, 5.41) is 8.86. The van der Waals surface area contributed by atoms with E-state index in [0.29, 0.717) is 17.5 Å². The molecular weight excluding hydrogens is 403 g/mol. The number of hydrogen-bond donors (Lipinski definition) is 2. The summed E-state index contributed by atoms with van der Waals surface area (Å²) in [5.74, 6) is -2.43. The van der Waals surface area contributed by atoms with Gasteiger partial charge < -0.3 is 14.7 Å². The molecule has 1 amide bonds. The van der Waals surface area contributed by atoms with Gasteiger partial charge in [-0.25, -0.2) is 17.6 Å². The SMILES string of the molecule is CN1C(=O)C(C)(C)COc2ccc(NS(=O)(=O)c3ccc(C(=O)O)c(F)c3)cc21. The lowest BCUT2D eigenvalue weighted by molar-refractivity contribution is -0.127. The number of hydrogen-bond acceptors (Lipinski definition) is 5. The highest BCUT2D eigenvalue weighted by molar-refractivity contribution is 7.92. The molecule has 1 aliphatic heterocycles. The van der Waals surface area contributed by atoms with E-state index in [-0.39, 0.29) is 18.2 Å². The maximum Gasteiger partial charge on any atom is 0.338 e. The van der Waals surface area contributed by atoms with Crippen LogP contribution in [0.1, 0.15) is 24.2 Å². The second-order valence-electron chi connectivity index (χ2n) is 7.27. The molecule has 2 aromatic rings. The molecular formula is C19H19FN2O6S. The Kier molecular flexibility index (Phi) is 4.99. The molecule has 1 heterocycles. The predicted molar refractivity (Wildman–Crippen MR) is 103 cm³/mol. The molecule has 0 atom stereocenters. The Bertz CT molecular complexity index is 1110. The van der Waals surface area contributed by atoms with Crippen molar-refractivity contribution in [2.24, 2.45) is 5.41 Å². The van der Waals surface area contributed by atoms with Gasteiger partial charge in [0.2, 0.25) is 5.91 Å². The zero-order chi connectivity index (χ0) is 21.6. The third kappa shape index (κ3) is 3.88. The van der Waals surface area contributed by atoms with Gasteiger partial charge in [0.15, 0.2) is 0 Å². The summed E-state index contributed by atoms with van der Waals surface area (Å²) in [4.78, 5) is 24.4. The standard InChI is InChI=1S/C19H19FN2O6S/c1-19(2)10-28-16-7-4-11(8-15(16)22(3)18(19)25)21-29(26,27)12-5-6-13(17(23)24)14(20)9-12/h4-9,21H,10H2,1-3H3,(H,23,24). The molecule has 3 rings (SSSR count). The van der Waals surface area contributed by atoms with Gasteiger partial charge in [-0.2, -0.15) is 0 Å². The molecule has 8 nitrogen and oxygen atoms in total. The molecule has 2 N–H and O–H groups in total. The fraction of sp³-hybridized carbons (Fsp3) is 0.263. The summed E-state index contributed by atoms with van der Waals surface area (Å²) >= 11 is 0. The topological polar surface area (TPSA) is 113 Å². The van der Waals surface area contributed by atoms with Crippen molar-refractivity contribution in [2.45, 2.75) is 18.7 Å². The summed E-state index contributed by atoms with van der Waals surface area (Å²) in [7, 11) is -2.63. The number of anilines is 2. The lowest BCUT2D eigenvalue weighted by Gasteiger charge is -2.24. The number of carbonyl (C=O) groups is 2. The first kappa shape index (κ1) is 20.6. The fourth-order valence-electron chi connectivity index (χ4n) is 2.90. The van der Waals surface area contributed by atoms with Crippen LogP contribution in [-0.2, 0) is 14.8 Å². The van der Waals surface area contributed by atoms with Crippen LogP contribution in [0.4, 0.5) is 15.8 Å². The molecule has 0 bridgehead atoms. The van der Waals surface area contributed by atoms with Crippen LogP contribution in [0.15, 0.2) is 41.3 Å². The number of ether oxygens (including phenoxy) is 1. The maximum absolute atomic E-state index is 13.9. The van der Waals surface area contributed by atoms with Gasteiger partial charge in [0.25, 0.3) is 10.0 Å². The van der Waals surface area contributed by atoms with Gasteiger partial charge in [-0.05, 0) is 50.2 Å². The molecule has 0 saturated carbocycles. The minimum absolute atomic E-state index is 0.134. The van der Waals surface area contributed by atoms with Gasteiger partial charge in [-0.3, -0.25) is 9.52 Å². The van der Waals surface area contributed by atoms with Gasteiger partial charge in [-0.15, -0.1) is 0 Å². The van der Waals surface area contributed by atoms with Crippen molar-refractivity contribution in [3.05, 3.63) is 47.8 Å². The summed E-state index contributed by atoms with van der Waals surface area (Å²) in [6.45, 7) is 3.66. The molecule has 0 spiro atoms. The minimum atomic E-state index is -4.19. The van der Waals surface area contributed by atoms with Crippen molar-refractivity contribution >= 4 is 33.3 Å². The zero-order valence-electron chi connectivity index (χ0n) is 15.9. The Morgan fingerprint density at radius 3 is 2.55 bits per heavy atom. The number of carbonyl (C=O) groups excluding carboxylic acids is 1. The highest BCUT2D eigenvalue weighted by Gasteiger charge is 2.36. The van der Waals surface area contributed by atoms with Crippen molar-refractivity contribution in [1.29, 1.82) is 0 Å². The third-order valence-corrected chi connectivity index (χ3v) is 5.90. The minimum Gasteiger partial charge on any atom is -0.490 e. The van der Waals surface area contributed by atoms with Gasteiger partial charge in [0.1, 0.15) is 18.2 Å². The number of rotatable bonds is 4. The monoisotopic (exact) mass is 422 g/mol. The molecule has 0 saturated heterocycles. The summed E-state index contributed by atoms with van der Waals surface area (Å²) < 4.78 is 47.0. The number of sulfonamides is 1. The molecule has 2 aromatic carbocycles. The lowest BCUT2D eigenvalue weighted by Crippen LogP contribution is -2.39. The summed E-state index contributed by atoms with van der Waals surface area (Å²) in [6.07, 6.45) is 0. The van der Waals surface area contributed by atoms with Crippen molar-refractivity contribution in [3.8, 4) is 5.75 Å². The van der Waals surface area contributed by atoms with Crippen LogP contribution < -0.4 is 14.4 Å². The lowest BCUT2D eigenvalue weighted by atomic mass is 9.93. The number of nitrogens with one attached hydrogen (secondary N) is 1. The van der Waals surface area contributed by atoms with E-state index in [2.05, 4.69) is 4.72 Å². The van der Waals surface area contributed by atoms with E-state index in [9.17, 15) is 22.4 Å². The number of fused-ring (bicyclic) bond motifs is 1. The largest absolute Gasteiger partial charge is 0.490 e. The fourth-order valence-corrected chi connectivity index (χ4v) is 3.96. The average Bonchev–Trinajstić information content (AvgIpc) is 2.72. The van der Waals surface area contributed by atoms with Crippen LogP contribution in [0.25, 0.3) is 0 Å². The molecule has 10 heteroatoms. The van der Waals surface area contributed by atoms with Gasteiger partial charge in [-0.1, -0.05) is 0 Å². The van der Waals surface area contributed by atoms with Crippen molar-refractivity contribution in [1.82, 2.24) is 0 Å². The predicted octanol–water partition coefficient (Wildman–Crippen LogP) is 2.71. The van der Waals surface area contributed by atoms with Crippen LogP contribution in [0.5, 0.6) is 5.75 Å². The molecule has 154 valence electrons. The quantitative estimate of drug-likeness (QED) is 0.783. The molecule has 1 aliphatic rings. The average molecular weight is 422 g/mol. The normalized spacial score (nSPS) is 15.9. The molecule has 0 aliphatic carbocycles. The van der Waals surface area contributed by atoms with Crippen LogP contribution in [0, 0.1) is 11.2 Å². The Labute approximate surface area is 167 Å². The highest BCUT2D eigenvalue weighted by atomic mass is 32.2. The Hall–Kier alpha value is -3.14. The first-order valence-corrected chi connectivity index (χ1v) is 10.0. The van der Waals surface area contributed by atoms with Crippen molar-refractivity contribution in [2.75, 3.05) is 23.3 Å². The van der Waals surface area contributed by atoms with E-state index in [1.807, 2.05) is 0 Å². The van der Waals surface area contributed by atoms with E-state index in [1.54, 1.807) is 20.9 Å². The van der Waals surface area contributed by atoms with Crippen LogP contribution in [-0.4, -0.2) is 39.1 Å². The number of nitrogens with zero attached hydrogens (tertiary/aromatic N) is 1. The summed E-state index contributed by atoms with van der Waals surface area (Å²) in [5.41, 5.74) is -0.867. The smallest absolute Gasteiger partial charge is 0.338 e. The van der Waals surface area contributed by atoms with Crippen molar-refractivity contribution < 1.29 is 32.2 Å². The molecule has 0 unspecified atom stereocenters. The van der Waals surface area contributed by atoms with Gasteiger partial charge >= 0.3 is 5.97 Å². The van der Waals surface area contributed by atoms with Crippen LogP contribution in [0.3, 0.4) is 0 Å². The Morgan fingerprint density at radius 1 is 1.24 bits per heavy atom. The number of amides is 1. The Balaban J connectivity index is 1.94. The van der Waals surface area contributed by atoms with Crippen LogP contribution in [0.2, 0.25) is 0 Å². The number of carboxylic acids is 1. The van der Waals surface area contributed by atoms with Gasteiger partial charge in [0.05, 0.1) is 27.2 Å². The first-order valence-electron chi connectivity index (χ1n) is 8.53. The Morgan fingerprint density at radius 2 is 1.93 bits per heavy atom. The van der Waals surface area contributed by atoms with E-state index in [4.69, 9.17) is 9.84 Å². The van der Waals surface area contributed by atoms with E-state index in [0.717, 1.165) is 12.1 Å². The molecule has 29 heavy (non-hydrogen) atoms. The molecule has 0 radical (unpaired) electrons.